The van der Waals surface area contributed by atoms with Gasteiger partial charge in [0.15, 0.2) is 0 Å². The monoisotopic (exact) mass is 403 g/mol. The third-order valence-electron chi connectivity index (χ3n) is 3.60. The molecule has 0 aliphatic heterocycles. The van der Waals surface area contributed by atoms with Gasteiger partial charge in [0, 0.05) is 10.7 Å². The van der Waals surface area contributed by atoms with Crippen LogP contribution in [0.3, 0.4) is 0 Å². The molecule has 1 N–H and O–H groups in total. The number of amides is 1. The number of carbonyl (C=O) groups is 1. The molecule has 1 amide bonds. The van der Waals surface area contributed by atoms with E-state index >= 15 is 0 Å². The largest absolute Gasteiger partial charge is 0.494 e. The number of ether oxygens (including phenoxy) is 1. The average Bonchev–Trinajstić information content (AvgIpc) is 3.12. The van der Waals surface area contributed by atoms with Gasteiger partial charge in [-0.2, -0.15) is 4.68 Å². The molecule has 0 saturated heterocycles. The first-order valence-corrected chi connectivity index (χ1v) is 9.57. The van der Waals surface area contributed by atoms with Crippen molar-refractivity contribution in [2.24, 2.45) is 0 Å². The minimum atomic E-state index is -0.395. The minimum absolute atomic E-state index is 0.144. The first-order chi connectivity index (χ1) is 13.1. The van der Waals surface area contributed by atoms with Gasteiger partial charge in [0.05, 0.1) is 17.5 Å². The van der Waals surface area contributed by atoms with E-state index in [1.165, 1.54) is 11.8 Å². The molecular weight excluding hydrogens is 386 g/mol. The molecule has 0 aliphatic rings. The van der Waals surface area contributed by atoms with Gasteiger partial charge in [-0.15, -0.1) is 5.10 Å². The van der Waals surface area contributed by atoms with E-state index in [1.807, 2.05) is 31.2 Å². The quantitative estimate of drug-likeness (QED) is 0.603. The number of tetrazole rings is 1. The first kappa shape index (κ1) is 19.2. The Kier molecular flexibility index (Phi) is 6.31. The van der Waals surface area contributed by atoms with E-state index in [9.17, 15) is 4.79 Å². The highest BCUT2D eigenvalue weighted by Gasteiger charge is 2.19. The van der Waals surface area contributed by atoms with E-state index in [0.29, 0.717) is 22.5 Å². The van der Waals surface area contributed by atoms with Crippen LogP contribution in [0.1, 0.15) is 13.8 Å². The topological polar surface area (TPSA) is 81.9 Å². The number of anilines is 1. The van der Waals surface area contributed by atoms with E-state index in [0.717, 1.165) is 11.4 Å². The van der Waals surface area contributed by atoms with Crippen LogP contribution in [0.15, 0.2) is 53.7 Å². The number of aromatic nitrogens is 4. The number of nitrogens with one attached hydrogen (secondary N) is 1. The van der Waals surface area contributed by atoms with Crippen LogP contribution in [0.25, 0.3) is 5.69 Å². The van der Waals surface area contributed by atoms with Gasteiger partial charge in [0.1, 0.15) is 5.75 Å². The van der Waals surface area contributed by atoms with Crippen LogP contribution < -0.4 is 10.1 Å². The first-order valence-electron chi connectivity index (χ1n) is 8.31. The van der Waals surface area contributed by atoms with Crippen molar-refractivity contribution in [3.8, 4) is 11.4 Å². The number of hydrogen-bond donors (Lipinski definition) is 1. The Bertz CT molecular complexity index is 899. The third-order valence-corrected chi connectivity index (χ3v) is 4.88. The molecule has 2 aromatic carbocycles. The Labute approximate surface area is 166 Å². The molecule has 3 rings (SSSR count). The maximum Gasteiger partial charge on any atom is 0.237 e. The molecule has 140 valence electrons. The Morgan fingerprint density at radius 2 is 1.93 bits per heavy atom. The molecule has 7 nitrogen and oxygen atoms in total. The number of rotatable bonds is 7. The smallest absolute Gasteiger partial charge is 0.237 e. The van der Waals surface area contributed by atoms with Crippen LogP contribution in [0.2, 0.25) is 5.02 Å². The second kappa shape index (κ2) is 8.88. The molecule has 1 heterocycles. The van der Waals surface area contributed by atoms with E-state index in [4.69, 9.17) is 16.3 Å². The molecule has 1 aromatic heterocycles. The summed E-state index contributed by atoms with van der Waals surface area (Å²) in [6.07, 6.45) is 0. The zero-order valence-corrected chi connectivity index (χ0v) is 16.4. The second-order valence-corrected chi connectivity index (χ2v) is 7.30. The summed E-state index contributed by atoms with van der Waals surface area (Å²) in [7, 11) is 0. The summed E-state index contributed by atoms with van der Waals surface area (Å²) in [6.45, 7) is 4.32. The van der Waals surface area contributed by atoms with E-state index < -0.39 is 5.25 Å². The number of halogens is 1. The van der Waals surface area contributed by atoms with Crippen molar-refractivity contribution in [1.82, 2.24) is 20.2 Å². The van der Waals surface area contributed by atoms with Crippen LogP contribution in [0.5, 0.6) is 5.75 Å². The normalized spacial score (nSPS) is 11.8. The van der Waals surface area contributed by atoms with Crippen LogP contribution in [-0.4, -0.2) is 38.0 Å². The van der Waals surface area contributed by atoms with Gasteiger partial charge in [-0.1, -0.05) is 23.4 Å². The van der Waals surface area contributed by atoms with Crippen LogP contribution in [-0.2, 0) is 4.79 Å². The Hall–Kier alpha value is -2.58. The lowest BCUT2D eigenvalue weighted by Gasteiger charge is -2.12. The van der Waals surface area contributed by atoms with Gasteiger partial charge in [0.25, 0.3) is 0 Å². The molecule has 0 aliphatic carbocycles. The summed E-state index contributed by atoms with van der Waals surface area (Å²) >= 11 is 7.19. The van der Waals surface area contributed by atoms with Crippen molar-refractivity contribution < 1.29 is 9.53 Å². The minimum Gasteiger partial charge on any atom is -0.494 e. The summed E-state index contributed by atoms with van der Waals surface area (Å²) in [5, 5.41) is 15.3. The maximum atomic E-state index is 12.5. The van der Waals surface area contributed by atoms with Gasteiger partial charge in [-0.05, 0) is 72.8 Å². The fourth-order valence-electron chi connectivity index (χ4n) is 2.25. The average molecular weight is 404 g/mol. The Morgan fingerprint density at radius 1 is 1.22 bits per heavy atom. The van der Waals surface area contributed by atoms with Crippen LogP contribution in [0.4, 0.5) is 5.69 Å². The molecule has 1 unspecified atom stereocenters. The zero-order chi connectivity index (χ0) is 19.2. The molecule has 3 aromatic rings. The fourth-order valence-corrected chi connectivity index (χ4v) is 3.19. The second-order valence-electron chi connectivity index (χ2n) is 5.56. The molecule has 0 saturated carbocycles. The SMILES string of the molecule is CCOc1ccc(NC(=O)C(C)Sc2nnnn2-c2ccc(Cl)cc2)cc1. The molecule has 0 radical (unpaired) electrons. The van der Waals surface area contributed by atoms with E-state index in [-0.39, 0.29) is 5.91 Å². The van der Waals surface area contributed by atoms with Gasteiger partial charge in [0.2, 0.25) is 11.1 Å². The van der Waals surface area contributed by atoms with Gasteiger partial charge in [-0.25, -0.2) is 0 Å². The highest BCUT2D eigenvalue weighted by molar-refractivity contribution is 8.00. The number of carbonyl (C=O) groups excluding carboxylic acids is 1. The number of thioether (sulfide) groups is 1. The van der Waals surface area contributed by atoms with Gasteiger partial charge in [-0.3, -0.25) is 4.79 Å². The number of nitrogens with zero attached hydrogens (tertiary/aromatic N) is 4. The van der Waals surface area contributed by atoms with Crippen molar-refractivity contribution in [3.05, 3.63) is 53.6 Å². The molecule has 27 heavy (non-hydrogen) atoms. The van der Waals surface area contributed by atoms with E-state index in [1.54, 1.807) is 35.9 Å². The summed E-state index contributed by atoms with van der Waals surface area (Å²) in [4.78, 5) is 12.5. The third kappa shape index (κ3) is 4.99. The zero-order valence-electron chi connectivity index (χ0n) is 14.8. The summed E-state index contributed by atoms with van der Waals surface area (Å²) < 4.78 is 6.97. The Morgan fingerprint density at radius 3 is 2.59 bits per heavy atom. The molecule has 0 bridgehead atoms. The lowest BCUT2D eigenvalue weighted by molar-refractivity contribution is -0.115. The summed E-state index contributed by atoms with van der Waals surface area (Å²) in [5.41, 5.74) is 1.47. The molecule has 0 spiro atoms. The van der Waals surface area contributed by atoms with Crippen molar-refractivity contribution in [3.63, 3.8) is 0 Å². The molecule has 0 fully saturated rings. The van der Waals surface area contributed by atoms with Crippen LogP contribution >= 0.6 is 23.4 Å². The van der Waals surface area contributed by atoms with Crippen molar-refractivity contribution in [2.75, 3.05) is 11.9 Å². The standard InChI is InChI=1S/C18H18ClN5O2S/c1-3-26-16-10-6-14(7-11-16)20-17(25)12(2)27-18-21-22-23-24(18)15-8-4-13(19)5-9-15/h4-12H,3H2,1-2H3,(H,20,25). The van der Waals surface area contributed by atoms with Crippen molar-refractivity contribution in [1.29, 1.82) is 0 Å². The number of hydrogen-bond acceptors (Lipinski definition) is 6. The highest BCUT2D eigenvalue weighted by Crippen LogP contribution is 2.25. The van der Waals surface area contributed by atoms with E-state index in [2.05, 4.69) is 20.8 Å². The predicted octanol–water partition coefficient (Wildman–Crippen LogP) is 3.83. The fraction of sp³-hybridized carbons (Fsp3) is 0.222. The van der Waals surface area contributed by atoms with Crippen molar-refractivity contribution in [2.45, 2.75) is 24.3 Å². The number of benzene rings is 2. The predicted molar refractivity (Wildman–Crippen MR) is 106 cm³/mol. The van der Waals surface area contributed by atoms with Crippen LogP contribution in [0, 0.1) is 0 Å². The van der Waals surface area contributed by atoms with Crippen molar-refractivity contribution >= 4 is 35.0 Å². The van der Waals surface area contributed by atoms with Gasteiger partial charge < -0.3 is 10.1 Å². The lowest BCUT2D eigenvalue weighted by Crippen LogP contribution is -2.22. The molecule has 9 heteroatoms. The summed E-state index contributed by atoms with van der Waals surface area (Å²) in [6, 6.07) is 14.4. The highest BCUT2D eigenvalue weighted by atomic mass is 35.5. The molecular formula is C18H18ClN5O2S. The maximum absolute atomic E-state index is 12.5. The summed E-state index contributed by atoms with van der Waals surface area (Å²) in [5.74, 6) is 0.620. The molecule has 1 atom stereocenters. The Balaban J connectivity index is 1.65. The van der Waals surface area contributed by atoms with Gasteiger partial charge >= 0.3 is 0 Å². The lowest BCUT2D eigenvalue weighted by atomic mass is 10.3.